The minimum atomic E-state index is -0.298. The Labute approximate surface area is 161 Å². The van der Waals surface area contributed by atoms with Gasteiger partial charge in [0.2, 0.25) is 0 Å². The third kappa shape index (κ3) is 4.45. The molecule has 1 aromatic carbocycles. The van der Waals surface area contributed by atoms with Crippen molar-refractivity contribution < 1.29 is 4.74 Å². The summed E-state index contributed by atoms with van der Waals surface area (Å²) in [5, 5.41) is 7.65. The number of terminal acetylenes is 1. The Morgan fingerprint density at radius 2 is 2.15 bits per heavy atom. The predicted molar refractivity (Wildman–Crippen MR) is 107 cm³/mol. The molecule has 2 fully saturated rings. The number of hydrogen-bond acceptors (Lipinski definition) is 4. The van der Waals surface area contributed by atoms with Gasteiger partial charge in [0, 0.05) is 22.9 Å². The van der Waals surface area contributed by atoms with E-state index >= 15 is 0 Å². The van der Waals surface area contributed by atoms with Gasteiger partial charge in [-0.05, 0) is 50.0 Å². The fourth-order valence-corrected chi connectivity index (χ4v) is 4.54. The molecule has 1 aromatic rings. The van der Waals surface area contributed by atoms with Crippen molar-refractivity contribution in [1.29, 1.82) is 0 Å². The van der Waals surface area contributed by atoms with E-state index in [1.807, 2.05) is 18.2 Å². The molecule has 0 bridgehead atoms. The molecule has 2 aliphatic heterocycles. The van der Waals surface area contributed by atoms with Crippen molar-refractivity contribution in [2.45, 2.75) is 44.4 Å². The summed E-state index contributed by atoms with van der Waals surface area (Å²) in [5.74, 6) is 2.59. The van der Waals surface area contributed by atoms with Gasteiger partial charge in [-0.15, -0.1) is 6.42 Å². The SMILES string of the molecule is C#CCOC(c1ccccc1)C1(C)CCN(C2CCNCC2)CC1N=[N+]=[N-]. The summed E-state index contributed by atoms with van der Waals surface area (Å²) in [6, 6.07) is 10.6. The molecule has 0 saturated carbocycles. The molecule has 2 aliphatic rings. The molecule has 6 nitrogen and oxygen atoms in total. The van der Waals surface area contributed by atoms with Crippen LogP contribution < -0.4 is 5.32 Å². The molecule has 2 heterocycles. The predicted octanol–water partition coefficient (Wildman–Crippen LogP) is 3.52. The van der Waals surface area contributed by atoms with Crippen LogP contribution in [0, 0.1) is 17.8 Å². The molecule has 2 saturated heterocycles. The average molecular weight is 367 g/mol. The van der Waals surface area contributed by atoms with E-state index in [0.29, 0.717) is 6.04 Å². The van der Waals surface area contributed by atoms with Crippen molar-refractivity contribution in [2.75, 3.05) is 32.8 Å². The van der Waals surface area contributed by atoms with E-state index < -0.39 is 0 Å². The number of azide groups is 1. The summed E-state index contributed by atoms with van der Waals surface area (Å²) in [7, 11) is 0. The summed E-state index contributed by atoms with van der Waals surface area (Å²) in [6.45, 7) is 6.30. The lowest BCUT2D eigenvalue weighted by molar-refractivity contribution is -0.0711. The summed E-state index contributed by atoms with van der Waals surface area (Å²) >= 11 is 0. The molecule has 3 rings (SSSR count). The number of nitrogens with zero attached hydrogens (tertiary/aromatic N) is 4. The molecule has 144 valence electrons. The molecular formula is C21H29N5O. The standard InChI is InChI=1S/C21H29N5O/c1-3-15-27-20(17-7-5-4-6-8-17)21(2)11-14-26(16-19(21)24-25-22)18-9-12-23-13-10-18/h1,4-8,18-20,23H,9-16H2,2H3. The Morgan fingerprint density at radius 1 is 1.41 bits per heavy atom. The maximum absolute atomic E-state index is 9.23. The Morgan fingerprint density at radius 3 is 2.81 bits per heavy atom. The van der Waals surface area contributed by atoms with Gasteiger partial charge >= 0.3 is 0 Å². The lowest BCUT2D eigenvalue weighted by Gasteiger charge is -2.50. The van der Waals surface area contributed by atoms with Crippen molar-refractivity contribution in [2.24, 2.45) is 10.5 Å². The second-order valence-electron chi connectivity index (χ2n) is 7.76. The minimum Gasteiger partial charge on any atom is -0.360 e. The van der Waals surface area contributed by atoms with Crippen LogP contribution in [0.25, 0.3) is 10.4 Å². The Kier molecular flexibility index (Phi) is 6.76. The van der Waals surface area contributed by atoms with E-state index in [1.165, 1.54) is 0 Å². The maximum Gasteiger partial charge on any atom is 0.108 e. The van der Waals surface area contributed by atoms with Crippen LogP contribution >= 0.6 is 0 Å². The largest absolute Gasteiger partial charge is 0.360 e. The van der Waals surface area contributed by atoms with Gasteiger partial charge in [-0.1, -0.05) is 48.3 Å². The van der Waals surface area contributed by atoms with Crippen molar-refractivity contribution in [1.82, 2.24) is 10.2 Å². The summed E-state index contributed by atoms with van der Waals surface area (Å²) in [5.41, 5.74) is 10.0. The number of nitrogens with one attached hydrogen (secondary N) is 1. The first kappa shape index (κ1) is 19.7. The summed E-state index contributed by atoms with van der Waals surface area (Å²) in [6.07, 6.45) is 8.48. The lowest BCUT2D eigenvalue weighted by atomic mass is 9.69. The highest BCUT2D eigenvalue weighted by molar-refractivity contribution is 5.22. The van der Waals surface area contributed by atoms with Gasteiger partial charge in [-0.2, -0.15) is 0 Å². The monoisotopic (exact) mass is 367 g/mol. The zero-order chi connectivity index (χ0) is 19.1. The zero-order valence-electron chi connectivity index (χ0n) is 16.1. The average Bonchev–Trinajstić information content (AvgIpc) is 2.71. The van der Waals surface area contributed by atoms with Crippen molar-refractivity contribution in [3.05, 3.63) is 46.3 Å². The van der Waals surface area contributed by atoms with Crippen molar-refractivity contribution in [3.8, 4) is 12.3 Å². The number of rotatable bonds is 6. The molecule has 0 aliphatic carbocycles. The number of hydrogen-bond donors (Lipinski definition) is 1. The summed E-state index contributed by atoms with van der Waals surface area (Å²) < 4.78 is 6.13. The van der Waals surface area contributed by atoms with E-state index in [9.17, 15) is 5.53 Å². The number of piperidine rings is 2. The summed E-state index contributed by atoms with van der Waals surface area (Å²) in [4.78, 5) is 5.69. The van der Waals surface area contributed by atoms with E-state index in [1.54, 1.807) is 0 Å². The quantitative estimate of drug-likeness (QED) is 0.362. The second-order valence-corrected chi connectivity index (χ2v) is 7.76. The van der Waals surface area contributed by atoms with Crippen LogP contribution in [0.1, 0.15) is 37.9 Å². The van der Waals surface area contributed by atoms with Gasteiger partial charge < -0.3 is 10.1 Å². The molecule has 27 heavy (non-hydrogen) atoms. The highest BCUT2D eigenvalue weighted by Gasteiger charge is 2.47. The molecule has 6 heteroatoms. The molecule has 3 atom stereocenters. The van der Waals surface area contributed by atoms with Crippen LogP contribution in [0.4, 0.5) is 0 Å². The first-order valence-electron chi connectivity index (χ1n) is 9.78. The van der Waals surface area contributed by atoms with Crippen LogP contribution in [0.2, 0.25) is 0 Å². The van der Waals surface area contributed by atoms with E-state index in [4.69, 9.17) is 11.2 Å². The van der Waals surface area contributed by atoms with E-state index in [-0.39, 0.29) is 24.2 Å². The van der Waals surface area contributed by atoms with E-state index in [2.05, 4.69) is 45.2 Å². The zero-order valence-corrected chi connectivity index (χ0v) is 16.1. The van der Waals surface area contributed by atoms with Crippen LogP contribution in [-0.4, -0.2) is 49.8 Å². The number of ether oxygens (including phenoxy) is 1. The van der Waals surface area contributed by atoms with Gasteiger partial charge in [0.25, 0.3) is 0 Å². The Hall–Kier alpha value is -2.03. The molecule has 0 spiro atoms. The smallest absolute Gasteiger partial charge is 0.108 e. The van der Waals surface area contributed by atoms with Crippen LogP contribution in [0.5, 0.6) is 0 Å². The Bertz CT molecular complexity index is 690. The molecule has 0 amide bonds. The van der Waals surface area contributed by atoms with E-state index in [0.717, 1.165) is 51.0 Å². The van der Waals surface area contributed by atoms with Gasteiger partial charge in [0.1, 0.15) is 6.61 Å². The molecule has 1 N–H and O–H groups in total. The van der Waals surface area contributed by atoms with Crippen molar-refractivity contribution >= 4 is 0 Å². The fraction of sp³-hybridized carbons (Fsp3) is 0.619. The highest BCUT2D eigenvalue weighted by atomic mass is 16.5. The first-order valence-corrected chi connectivity index (χ1v) is 9.78. The maximum atomic E-state index is 9.23. The molecule has 3 unspecified atom stereocenters. The van der Waals surface area contributed by atoms with Gasteiger partial charge in [0.15, 0.2) is 0 Å². The molecule has 0 radical (unpaired) electrons. The fourth-order valence-electron chi connectivity index (χ4n) is 4.54. The molecular weight excluding hydrogens is 338 g/mol. The first-order chi connectivity index (χ1) is 13.2. The molecule has 0 aromatic heterocycles. The number of likely N-dealkylation sites (tertiary alicyclic amines) is 1. The topological polar surface area (TPSA) is 73.3 Å². The van der Waals surface area contributed by atoms with Crippen LogP contribution in [0.15, 0.2) is 35.4 Å². The third-order valence-corrected chi connectivity index (χ3v) is 6.16. The van der Waals surface area contributed by atoms with Crippen LogP contribution in [0.3, 0.4) is 0 Å². The normalized spacial score (nSPS) is 28.1. The highest BCUT2D eigenvalue weighted by Crippen LogP contribution is 2.47. The Balaban J connectivity index is 1.86. The van der Waals surface area contributed by atoms with Gasteiger partial charge in [0.05, 0.1) is 12.1 Å². The third-order valence-electron chi connectivity index (χ3n) is 6.16. The number of benzene rings is 1. The second kappa shape index (κ2) is 9.25. The lowest BCUT2D eigenvalue weighted by Crippen LogP contribution is -2.55. The van der Waals surface area contributed by atoms with Gasteiger partial charge in [-0.25, -0.2) is 0 Å². The van der Waals surface area contributed by atoms with Crippen molar-refractivity contribution in [3.63, 3.8) is 0 Å². The minimum absolute atomic E-state index is 0.158. The van der Waals surface area contributed by atoms with Crippen LogP contribution in [-0.2, 0) is 4.74 Å². The van der Waals surface area contributed by atoms with Gasteiger partial charge in [-0.3, -0.25) is 4.90 Å².